The molecule has 0 bridgehead atoms. The first-order valence-electron chi connectivity index (χ1n) is 4.91. The molecule has 0 saturated heterocycles. The lowest BCUT2D eigenvalue weighted by atomic mass is 10.1. The first kappa shape index (κ1) is 12.9. The molecule has 0 amide bonds. The summed E-state index contributed by atoms with van der Waals surface area (Å²) in [6, 6.07) is 3.06. The molecule has 7 heteroatoms. The van der Waals surface area contributed by atoms with Crippen molar-refractivity contribution >= 4 is 39.2 Å². The average molecular weight is 331 g/mol. The summed E-state index contributed by atoms with van der Waals surface area (Å²) in [5.41, 5.74) is 6.75. The molecular weight excluding hydrogens is 321 g/mol. The molecule has 0 radical (unpaired) electrons. The van der Waals surface area contributed by atoms with Crippen molar-refractivity contribution in [3.8, 4) is 5.69 Å². The molecule has 2 rings (SSSR count). The highest BCUT2D eigenvalue weighted by Gasteiger charge is 2.18. The van der Waals surface area contributed by atoms with Gasteiger partial charge in [-0.15, -0.1) is 0 Å². The van der Waals surface area contributed by atoms with Crippen LogP contribution in [0.2, 0.25) is 5.02 Å². The summed E-state index contributed by atoms with van der Waals surface area (Å²) in [7, 11) is 1.29. The molecular formula is C11H9BrClN3O2. The number of esters is 1. The lowest BCUT2D eigenvalue weighted by Gasteiger charge is -2.11. The van der Waals surface area contributed by atoms with Gasteiger partial charge in [-0.25, -0.2) is 9.48 Å². The van der Waals surface area contributed by atoms with Crippen molar-refractivity contribution in [3.05, 3.63) is 39.6 Å². The highest BCUT2D eigenvalue weighted by Crippen LogP contribution is 2.28. The van der Waals surface area contributed by atoms with Crippen molar-refractivity contribution in [2.24, 2.45) is 0 Å². The molecule has 2 aromatic rings. The minimum Gasteiger partial charge on any atom is -0.465 e. The second-order valence-corrected chi connectivity index (χ2v) is 4.82. The maximum absolute atomic E-state index is 11.7. The van der Waals surface area contributed by atoms with E-state index in [0.717, 1.165) is 4.47 Å². The van der Waals surface area contributed by atoms with Crippen LogP contribution in [0.3, 0.4) is 0 Å². The Bertz CT molecular complexity index is 612. The van der Waals surface area contributed by atoms with Gasteiger partial charge in [-0.1, -0.05) is 11.6 Å². The largest absolute Gasteiger partial charge is 0.465 e. The zero-order valence-corrected chi connectivity index (χ0v) is 11.7. The molecule has 1 aromatic heterocycles. The van der Waals surface area contributed by atoms with Crippen LogP contribution in [0.25, 0.3) is 5.69 Å². The molecule has 2 N–H and O–H groups in total. The monoisotopic (exact) mass is 329 g/mol. The van der Waals surface area contributed by atoms with Crippen LogP contribution in [-0.4, -0.2) is 22.9 Å². The van der Waals surface area contributed by atoms with Crippen LogP contribution in [0.15, 0.2) is 29.0 Å². The summed E-state index contributed by atoms with van der Waals surface area (Å²) in [6.45, 7) is 0. The van der Waals surface area contributed by atoms with E-state index in [9.17, 15) is 4.79 Å². The number of benzene rings is 1. The molecule has 1 heterocycles. The van der Waals surface area contributed by atoms with Crippen LogP contribution in [0.1, 0.15) is 10.4 Å². The van der Waals surface area contributed by atoms with Crippen molar-refractivity contribution in [1.82, 2.24) is 9.78 Å². The summed E-state index contributed by atoms with van der Waals surface area (Å²) >= 11 is 9.40. The number of aromatic nitrogens is 2. The molecule has 0 fully saturated rings. The number of ether oxygens (including phenoxy) is 1. The Hall–Kier alpha value is -1.53. The standard InChI is InChI=1S/C11H9BrClN3O2/c1-18-11(17)8-2-7(14)3-9(13)10(8)16-5-6(12)4-15-16/h2-5H,14H2,1H3. The third-order valence-corrected chi connectivity index (χ3v) is 2.97. The van der Waals surface area contributed by atoms with Crippen LogP contribution in [0.5, 0.6) is 0 Å². The molecule has 0 unspecified atom stereocenters. The third-order valence-electron chi connectivity index (χ3n) is 2.27. The lowest BCUT2D eigenvalue weighted by molar-refractivity contribution is 0.0600. The number of nitrogen functional groups attached to an aromatic ring is 1. The van der Waals surface area contributed by atoms with E-state index in [1.807, 2.05) is 0 Å². The van der Waals surface area contributed by atoms with E-state index in [-0.39, 0.29) is 5.56 Å². The molecule has 18 heavy (non-hydrogen) atoms. The lowest BCUT2D eigenvalue weighted by Crippen LogP contribution is -2.10. The Morgan fingerprint density at radius 3 is 2.83 bits per heavy atom. The smallest absolute Gasteiger partial charge is 0.340 e. The fourth-order valence-electron chi connectivity index (χ4n) is 1.54. The van der Waals surface area contributed by atoms with Crippen LogP contribution < -0.4 is 5.73 Å². The molecule has 94 valence electrons. The maximum Gasteiger partial charge on any atom is 0.340 e. The normalized spacial score (nSPS) is 10.4. The van der Waals surface area contributed by atoms with Gasteiger partial charge in [0.25, 0.3) is 0 Å². The van der Waals surface area contributed by atoms with E-state index in [1.165, 1.54) is 17.9 Å². The summed E-state index contributed by atoms with van der Waals surface area (Å²) in [5, 5.41) is 4.42. The highest BCUT2D eigenvalue weighted by atomic mass is 79.9. The van der Waals surface area contributed by atoms with Gasteiger partial charge >= 0.3 is 5.97 Å². The quantitative estimate of drug-likeness (QED) is 0.679. The van der Waals surface area contributed by atoms with E-state index in [2.05, 4.69) is 21.0 Å². The molecule has 0 aliphatic rings. The minimum atomic E-state index is -0.522. The topological polar surface area (TPSA) is 70.1 Å². The molecule has 0 aliphatic heterocycles. The highest BCUT2D eigenvalue weighted by molar-refractivity contribution is 9.10. The van der Waals surface area contributed by atoms with Gasteiger partial charge in [0.05, 0.1) is 34.1 Å². The van der Waals surface area contributed by atoms with Crippen molar-refractivity contribution in [1.29, 1.82) is 0 Å². The molecule has 0 saturated carbocycles. The fourth-order valence-corrected chi connectivity index (χ4v) is 2.14. The zero-order valence-electron chi connectivity index (χ0n) is 9.35. The number of methoxy groups -OCH3 is 1. The van der Waals surface area contributed by atoms with Crippen molar-refractivity contribution < 1.29 is 9.53 Å². The summed E-state index contributed by atoms with van der Waals surface area (Å²) in [6.07, 6.45) is 3.28. The average Bonchev–Trinajstić information content (AvgIpc) is 2.73. The summed E-state index contributed by atoms with van der Waals surface area (Å²) < 4.78 is 6.96. The second-order valence-electron chi connectivity index (χ2n) is 3.49. The minimum absolute atomic E-state index is 0.262. The maximum atomic E-state index is 11.7. The SMILES string of the molecule is COC(=O)c1cc(N)cc(Cl)c1-n1cc(Br)cn1. The van der Waals surface area contributed by atoms with Gasteiger partial charge in [-0.05, 0) is 28.1 Å². The van der Waals surface area contributed by atoms with E-state index in [4.69, 9.17) is 22.1 Å². The molecule has 0 spiro atoms. The van der Waals surface area contributed by atoms with Crippen LogP contribution in [0.4, 0.5) is 5.69 Å². The van der Waals surface area contributed by atoms with E-state index >= 15 is 0 Å². The number of anilines is 1. The van der Waals surface area contributed by atoms with Gasteiger partial charge in [0.1, 0.15) is 0 Å². The van der Waals surface area contributed by atoms with Crippen LogP contribution in [0, 0.1) is 0 Å². The van der Waals surface area contributed by atoms with Gasteiger partial charge in [0.15, 0.2) is 0 Å². The number of hydrogen-bond acceptors (Lipinski definition) is 4. The fraction of sp³-hybridized carbons (Fsp3) is 0.0909. The Balaban J connectivity index is 2.68. The van der Waals surface area contributed by atoms with Gasteiger partial charge in [0.2, 0.25) is 0 Å². The van der Waals surface area contributed by atoms with E-state index in [0.29, 0.717) is 16.4 Å². The summed E-state index contributed by atoms with van der Waals surface area (Å²) in [5.74, 6) is -0.522. The van der Waals surface area contributed by atoms with Crippen LogP contribution >= 0.6 is 27.5 Å². The first-order valence-corrected chi connectivity index (χ1v) is 6.08. The van der Waals surface area contributed by atoms with Gasteiger partial charge in [-0.3, -0.25) is 0 Å². The Morgan fingerprint density at radius 2 is 2.28 bits per heavy atom. The number of rotatable bonds is 2. The van der Waals surface area contributed by atoms with Crippen molar-refractivity contribution in [2.45, 2.75) is 0 Å². The Labute approximate surface area is 117 Å². The van der Waals surface area contributed by atoms with Gasteiger partial charge in [-0.2, -0.15) is 5.10 Å². The Kier molecular flexibility index (Phi) is 3.58. The molecule has 0 aliphatic carbocycles. The number of halogens is 2. The van der Waals surface area contributed by atoms with Gasteiger partial charge < -0.3 is 10.5 Å². The second kappa shape index (κ2) is 4.99. The van der Waals surface area contributed by atoms with Crippen LogP contribution in [-0.2, 0) is 4.74 Å². The predicted molar refractivity (Wildman–Crippen MR) is 72.0 cm³/mol. The number of hydrogen-bond donors (Lipinski definition) is 1. The number of nitrogens with zero attached hydrogens (tertiary/aromatic N) is 2. The number of carbonyl (C=O) groups excluding carboxylic acids is 1. The summed E-state index contributed by atoms with van der Waals surface area (Å²) in [4.78, 5) is 11.7. The first-order chi connectivity index (χ1) is 8.52. The zero-order chi connectivity index (χ0) is 13.3. The third kappa shape index (κ3) is 2.34. The molecule has 0 atom stereocenters. The van der Waals surface area contributed by atoms with Crippen molar-refractivity contribution in [2.75, 3.05) is 12.8 Å². The predicted octanol–water partition coefficient (Wildman–Crippen LogP) is 2.66. The van der Waals surface area contributed by atoms with E-state index < -0.39 is 5.97 Å². The molecule has 5 nitrogen and oxygen atoms in total. The van der Waals surface area contributed by atoms with Gasteiger partial charge in [0, 0.05) is 11.9 Å². The Morgan fingerprint density at radius 1 is 1.56 bits per heavy atom. The van der Waals surface area contributed by atoms with Crippen molar-refractivity contribution in [3.63, 3.8) is 0 Å². The number of carbonyl (C=O) groups is 1. The molecule has 1 aromatic carbocycles. The van der Waals surface area contributed by atoms with E-state index in [1.54, 1.807) is 18.5 Å². The number of nitrogens with two attached hydrogens (primary N) is 1.